The highest BCUT2D eigenvalue weighted by molar-refractivity contribution is 5.82. The van der Waals surface area contributed by atoms with Crippen molar-refractivity contribution >= 4 is 5.91 Å². The molecule has 0 radical (unpaired) electrons. The van der Waals surface area contributed by atoms with Crippen LogP contribution < -0.4 is 11.5 Å². The highest BCUT2D eigenvalue weighted by Crippen LogP contribution is 2.12. The molecular weight excluding hydrogens is 152 g/mol. The SMILES string of the molecule is NCC(C(N)=O)c1ccccc1. The zero-order valence-electron chi connectivity index (χ0n) is 6.73. The second-order valence-electron chi connectivity index (χ2n) is 2.60. The summed E-state index contributed by atoms with van der Waals surface area (Å²) in [6, 6.07) is 9.31. The number of benzene rings is 1. The molecule has 0 aliphatic carbocycles. The fraction of sp³-hybridized carbons (Fsp3) is 0.222. The lowest BCUT2D eigenvalue weighted by atomic mass is 9.99. The Bertz CT molecular complexity index is 258. The molecule has 0 bridgehead atoms. The van der Waals surface area contributed by atoms with Crippen LogP contribution in [-0.2, 0) is 4.79 Å². The molecule has 1 atom stereocenters. The molecule has 3 nitrogen and oxygen atoms in total. The molecule has 12 heavy (non-hydrogen) atoms. The van der Waals surface area contributed by atoms with E-state index in [0.717, 1.165) is 5.56 Å². The van der Waals surface area contributed by atoms with Crippen LogP contribution in [0.15, 0.2) is 30.3 Å². The molecule has 1 unspecified atom stereocenters. The van der Waals surface area contributed by atoms with E-state index in [0.29, 0.717) is 0 Å². The molecule has 1 aromatic rings. The molecule has 64 valence electrons. The first-order valence-corrected chi connectivity index (χ1v) is 3.80. The van der Waals surface area contributed by atoms with E-state index in [2.05, 4.69) is 0 Å². The summed E-state index contributed by atoms with van der Waals surface area (Å²) >= 11 is 0. The third-order valence-corrected chi connectivity index (χ3v) is 1.78. The third kappa shape index (κ3) is 1.83. The molecule has 0 aliphatic heterocycles. The van der Waals surface area contributed by atoms with Gasteiger partial charge < -0.3 is 11.5 Å². The van der Waals surface area contributed by atoms with Crippen LogP contribution in [0, 0.1) is 0 Å². The number of hydrogen-bond acceptors (Lipinski definition) is 2. The molecule has 0 aromatic heterocycles. The highest BCUT2D eigenvalue weighted by Gasteiger charge is 2.14. The van der Waals surface area contributed by atoms with Crippen molar-refractivity contribution in [1.82, 2.24) is 0 Å². The van der Waals surface area contributed by atoms with Gasteiger partial charge >= 0.3 is 0 Å². The lowest BCUT2D eigenvalue weighted by Gasteiger charge is -2.09. The van der Waals surface area contributed by atoms with Crippen LogP contribution in [0.2, 0.25) is 0 Å². The molecule has 4 N–H and O–H groups in total. The van der Waals surface area contributed by atoms with Crippen molar-refractivity contribution in [2.75, 3.05) is 6.54 Å². The third-order valence-electron chi connectivity index (χ3n) is 1.78. The van der Waals surface area contributed by atoms with E-state index >= 15 is 0 Å². The van der Waals surface area contributed by atoms with E-state index in [1.165, 1.54) is 0 Å². The molecule has 0 heterocycles. The van der Waals surface area contributed by atoms with Gasteiger partial charge in [-0.1, -0.05) is 30.3 Å². The van der Waals surface area contributed by atoms with Gasteiger partial charge in [-0.05, 0) is 5.56 Å². The number of rotatable bonds is 3. The number of hydrogen-bond donors (Lipinski definition) is 2. The van der Waals surface area contributed by atoms with Gasteiger partial charge in [0.05, 0.1) is 5.92 Å². The summed E-state index contributed by atoms with van der Waals surface area (Å²) in [6.45, 7) is 0.263. The smallest absolute Gasteiger partial charge is 0.226 e. The number of carbonyl (C=O) groups excluding carboxylic acids is 1. The molecular formula is C9H12N2O. The number of carbonyl (C=O) groups is 1. The minimum atomic E-state index is -0.372. The largest absolute Gasteiger partial charge is 0.369 e. The van der Waals surface area contributed by atoms with E-state index in [1.54, 1.807) is 0 Å². The van der Waals surface area contributed by atoms with Gasteiger partial charge in [-0.3, -0.25) is 4.79 Å². The highest BCUT2D eigenvalue weighted by atomic mass is 16.1. The Morgan fingerprint density at radius 2 is 1.92 bits per heavy atom. The minimum Gasteiger partial charge on any atom is -0.369 e. The van der Waals surface area contributed by atoms with E-state index in [4.69, 9.17) is 11.5 Å². The molecule has 1 rings (SSSR count). The molecule has 0 saturated heterocycles. The fourth-order valence-electron chi connectivity index (χ4n) is 1.10. The zero-order chi connectivity index (χ0) is 8.97. The molecule has 1 amide bonds. The van der Waals surface area contributed by atoms with Crippen molar-refractivity contribution in [3.63, 3.8) is 0 Å². The van der Waals surface area contributed by atoms with E-state index < -0.39 is 0 Å². The summed E-state index contributed by atoms with van der Waals surface area (Å²) in [6.07, 6.45) is 0. The van der Waals surface area contributed by atoms with Crippen LogP contribution in [0.1, 0.15) is 11.5 Å². The van der Waals surface area contributed by atoms with Gasteiger partial charge in [0.15, 0.2) is 0 Å². The summed E-state index contributed by atoms with van der Waals surface area (Å²) < 4.78 is 0. The molecule has 1 aromatic carbocycles. The summed E-state index contributed by atoms with van der Waals surface area (Å²) in [7, 11) is 0. The van der Waals surface area contributed by atoms with Gasteiger partial charge in [-0.15, -0.1) is 0 Å². The van der Waals surface area contributed by atoms with Crippen LogP contribution >= 0.6 is 0 Å². The van der Waals surface area contributed by atoms with E-state index in [1.807, 2.05) is 30.3 Å². The maximum absolute atomic E-state index is 10.9. The molecule has 0 aliphatic rings. The Kier molecular flexibility index (Phi) is 2.82. The van der Waals surface area contributed by atoms with Crippen LogP contribution in [-0.4, -0.2) is 12.5 Å². The normalized spacial score (nSPS) is 12.4. The predicted octanol–water partition coefficient (Wildman–Crippen LogP) is 0.214. The van der Waals surface area contributed by atoms with Gasteiger partial charge in [0, 0.05) is 6.54 Å². The van der Waals surface area contributed by atoms with Crippen LogP contribution in [0.3, 0.4) is 0 Å². The molecule has 0 saturated carbocycles. The predicted molar refractivity (Wildman–Crippen MR) is 47.4 cm³/mol. The second kappa shape index (κ2) is 3.88. The van der Waals surface area contributed by atoms with Crippen molar-refractivity contribution in [1.29, 1.82) is 0 Å². The summed E-state index contributed by atoms with van der Waals surface area (Å²) in [5.41, 5.74) is 11.4. The number of primary amides is 1. The first-order valence-electron chi connectivity index (χ1n) is 3.80. The second-order valence-corrected chi connectivity index (χ2v) is 2.60. The van der Waals surface area contributed by atoms with E-state index in [-0.39, 0.29) is 18.4 Å². The summed E-state index contributed by atoms with van der Waals surface area (Å²) in [4.78, 5) is 10.9. The van der Waals surface area contributed by atoms with Crippen molar-refractivity contribution < 1.29 is 4.79 Å². The Balaban J connectivity index is 2.88. The first-order chi connectivity index (χ1) is 5.75. The van der Waals surface area contributed by atoms with Gasteiger partial charge in [0.25, 0.3) is 0 Å². The Morgan fingerprint density at radius 1 is 1.33 bits per heavy atom. The first kappa shape index (κ1) is 8.74. The van der Waals surface area contributed by atoms with Crippen LogP contribution in [0.5, 0.6) is 0 Å². The van der Waals surface area contributed by atoms with Crippen molar-refractivity contribution in [3.05, 3.63) is 35.9 Å². The maximum Gasteiger partial charge on any atom is 0.226 e. The average molecular weight is 164 g/mol. The van der Waals surface area contributed by atoms with Gasteiger partial charge in [-0.2, -0.15) is 0 Å². The topological polar surface area (TPSA) is 69.1 Å². The zero-order valence-corrected chi connectivity index (χ0v) is 6.73. The Hall–Kier alpha value is -1.35. The van der Waals surface area contributed by atoms with Gasteiger partial charge in [-0.25, -0.2) is 0 Å². The molecule has 0 spiro atoms. The van der Waals surface area contributed by atoms with Gasteiger partial charge in [0.1, 0.15) is 0 Å². The minimum absolute atomic E-state index is 0.263. The van der Waals surface area contributed by atoms with Crippen LogP contribution in [0.25, 0.3) is 0 Å². The maximum atomic E-state index is 10.9. The summed E-state index contributed by atoms with van der Waals surface area (Å²) in [5.74, 6) is -0.727. The number of nitrogens with two attached hydrogens (primary N) is 2. The monoisotopic (exact) mass is 164 g/mol. The van der Waals surface area contributed by atoms with Gasteiger partial charge in [0.2, 0.25) is 5.91 Å². The lowest BCUT2D eigenvalue weighted by Crippen LogP contribution is -2.27. The van der Waals surface area contributed by atoms with Crippen LogP contribution in [0.4, 0.5) is 0 Å². The Labute approximate surface area is 71.4 Å². The molecule has 0 fully saturated rings. The standard InChI is InChI=1S/C9H12N2O/c10-6-8(9(11)12)7-4-2-1-3-5-7/h1-5,8H,6,10H2,(H2,11,12). The van der Waals surface area contributed by atoms with Crippen molar-refractivity contribution in [3.8, 4) is 0 Å². The molecule has 3 heteroatoms. The van der Waals surface area contributed by atoms with E-state index in [9.17, 15) is 4.79 Å². The lowest BCUT2D eigenvalue weighted by molar-refractivity contribution is -0.119. The quantitative estimate of drug-likeness (QED) is 0.670. The Morgan fingerprint density at radius 3 is 2.33 bits per heavy atom. The number of amides is 1. The summed E-state index contributed by atoms with van der Waals surface area (Å²) in [5, 5.41) is 0. The average Bonchev–Trinajstić information content (AvgIpc) is 2.07. The van der Waals surface area contributed by atoms with Crippen molar-refractivity contribution in [2.24, 2.45) is 11.5 Å². The van der Waals surface area contributed by atoms with Crippen molar-refractivity contribution in [2.45, 2.75) is 5.92 Å². The fourth-order valence-corrected chi connectivity index (χ4v) is 1.10.